The van der Waals surface area contributed by atoms with Crippen molar-refractivity contribution < 1.29 is 14.6 Å². The molecule has 0 aliphatic heterocycles. The second kappa shape index (κ2) is 7.99. The molecule has 3 aromatic rings. The van der Waals surface area contributed by atoms with E-state index in [0.29, 0.717) is 22.4 Å². The van der Waals surface area contributed by atoms with Crippen LogP contribution in [0.15, 0.2) is 54.6 Å². The third-order valence-electron chi connectivity index (χ3n) is 5.53. The third-order valence-corrected chi connectivity index (χ3v) is 5.53. The number of carbonyl (C=O) groups is 1. The number of ether oxygens (including phenoxy) is 1. The smallest absolute Gasteiger partial charge is 0.193 e. The Labute approximate surface area is 166 Å². The summed E-state index contributed by atoms with van der Waals surface area (Å²) in [7, 11) is 1.57. The lowest BCUT2D eigenvalue weighted by Crippen LogP contribution is -2.14. The van der Waals surface area contributed by atoms with Crippen molar-refractivity contribution in [1.29, 1.82) is 0 Å². The maximum absolute atomic E-state index is 13.6. The van der Waals surface area contributed by atoms with Crippen molar-refractivity contribution in [2.24, 2.45) is 0 Å². The van der Waals surface area contributed by atoms with Crippen LogP contribution in [-0.2, 0) is 0 Å². The molecule has 0 bridgehead atoms. The fourth-order valence-corrected chi connectivity index (χ4v) is 3.69. The topological polar surface area (TPSA) is 46.5 Å². The van der Waals surface area contributed by atoms with E-state index < -0.39 is 6.10 Å². The fraction of sp³-hybridized carbons (Fsp3) is 0.240. The number of carbonyl (C=O) groups excluding carboxylic acids is 1. The minimum atomic E-state index is -0.956. The maximum atomic E-state index is 13.6. The summed E-state index contributed by atoms with van der Waals surface area (Å²) in [6.07, 6.45) is -0.956. The highest BCUT2D eigenvalue weighted by Crippen LogP contribution is 2.33. The zero-order chi connectivity index (χ0) is 20.4. The van der Waals surface area contributed by atoms with Crippen LogP contribution in [0.4, 0.5) is 0 Å². The lowest BCUT2D eigenvalue weighted by atomic mass is 9.86. The van der Waals surface area contributed by atoms with Crippen molar-refractivity contribution in [3.63, 3.8) is 0 Å². The van der Waals surface area contributed by atoms with Crippen LogP contribution >= 0.6 is 0 Å². The Morgan fingerprint density at radius 2 is 1.39 bits per heavy atom. The van der Waals surface area contributed by atoms with Crippen LogP contribution in [0.1, 0.15) is 55.4 Å². The van der Waals surface area contributed by atoms with Crippen molar-refractivity contribution >= 4 is 5.78 Å². The van der Waals surface area contributed by atoms with E-state index in [4.69, 9.17) is 4.74 Å². The number of benzene rings is 3. The molecule has 0 amide bonds. The van der Waals surface area contributed by atoms with E-state index >= 15 is 0 Å². The molecular weight excluding hydrogens is 348 g/mol. The van der Waals surface area contributed by atoms with Gasteiger partial charge < -0.3 is 9.84 Å². The van der Waals surface area contributed by atoms with Crippen LogP contribution in [0, 0.1) is 27.7 Å². The van der Waals surface area contributed by atoms with Gasteiger partial charge in [0, 0.05) is 16.7 Å². The van der Waals surface area contributed by atoms with E-state index in [-0.39, 0.29) is 5.78 Å². The highest BCUT2D eigenvalue weighted by molar-refractivity contribution is 6.12. The van der Waals surface area contributed by atoms with E-state index in [2.05, 4.69) is 6.07 Å². The Morgan fingerprint density at radius 3 is 2.00 bits per heavy atom. The number of aryl methyl sites for hydroxylation is 2. The second-order valence-electron chi connectivity index (χ2n) is 7.20. The van der Waals surface area contributed by atoms with E-state index in [1.54, 1.807) is 25.3 Å². The number of hydrogen-bond donors (Lipinski definition) is 1. The van der Waals surface area contributed by atoms with Crippen molar-refractivity contribution in [3.05, 3.63) is 99.1 Å². The Morgan fingerprint density at radius 1 is 0.857 bits per heavy atom. The molecule has 3 nitrogen and oxygen atoms in total. The molecule has 1 unspecified atom stereocenters. The van der Waals surface area contributed by atoms with Gasteiger partial charge >= 0.3 is 0 Å². The number of hydrogen-bond acceptors (Lipinski definition) is 3. The summed E-state index contributed by atoms with van der Waals surface area (Å²) in [5, 5.41) is 11.1. The first-order chi connectivity index (χ1) is 13.4. The molecule has 144 valence electrons. The van der Waals surface area contributed by atoms with Gasteiger partial charge in [-0.25, -0.2) is 0 Å². The van der Waals surface area contributed by atoms with Gasteiger partial charge in [-0.2, -0.15) is 0 Å². The van der Waals surface area contributed by atoms with Gasteiger partial charge in [-0.1, -0.05) is 48.5 Å². The molecule has 1 N–H and O–H groups in total. The Kier molecular flexibility index (Phi) is 5.66. The normalized spacial score (nSPS) is 11.9. The number of methoxy groups -OCH3 is 1. The molecule has 3 aromatic carbocycles. The van der Waals surface area contributed by atoms with Crippen molar-refractivity contribution in [2.45, 2.75) is 33.8 Å². The van der Waals surface area contributed by atoms with Crippen LogP contribution in [0.2, 0.25) is 0 Å². The lowest BCUT2D eigenvalue weighted by molar-refractivity contribution is 0.103. The SMILES string of the molecule is COc1ccccc1C(O)c1ccccc1C(=O)c1c(C)c(C)cc(C)c1C. The third kappa shape index (κ3) is 3.46. The molecule has 0 aliphatic carbocycles. The summed E-state index contributed by atoms with van der Waals surface area (Å²) >= 11 is 0. The molecule has 0 saturated carbocycles. The number of para-hydroxylation sites is 1. The van der Waals surface area contributed by atoms with Crippen LogP contribution in [0.3, 0.4) is 0 Å². The van der Waals surface area contributed by atoms with E-state index in [0.717, 1.165) is 27.8 Å². The molecule has 0 radical (unpaired) electrons. The Balaban J connectivity index is 2.15. The van der Waals surface area contributed by atoms with Gasteiger partial charge in [-0.3, -0.25) is 4.79 Å². The van der Waals surface area contributed by atoms with Crippen molar-refractivity contribution in [2.75, 3.05) is 7.11 Å². The number of ketones is 1. The summed E-state index contributed by atoms with van der Waals surface area (Å²) in [6.45, 7) is 8.00. The highest BCUT2D eigenvalue weighted by atomic mass is 16.5. The lowest BCUT2D eigenvalue weighted by Gasteiger charge is -2.20. The molecular formula is C25H26O3. The quantitative estimate of drug-likeness (QED) is 0.621. The van der Waals surface area contributed by atoms with E-state index in [1.807, 2.05) is 58.0 Å². The summed E-state index contributed by atoms with van der Waals surface area (Å²) in [4.78, 5) is 13.6. The van der Waals surface area contributed by atoms with Gasteiger partial charge in [0.15, 0.2) is 5.78 Å². The first-order valence-electron chi connectivity index (χ1n) is 9.38. The molecule has 0 aromatic heterocycles. The average molecular weight is 374 g/mol. The highest BCUT2D eigenvalue weighted by Gasteiger charge is 2.24. The summed E-state index contributed by atoms with van der Waals surface area (Å²) < 4.78 is 5.40. The number of aliphatic hydroxyl groups is 1. The molecule has 0 aliphatic rings. The molecule has 0 spiro atoms. The monoisotopic (exact) mass is 374 g/mol. The van der Waals surface area contributed by atoms with Gasteiger partial charge in [-0.15, -0.1) is 0 Å². The van der Waals surface area contributed by atoms with Gasteiger partial charge in [0.2, 0.25) is 0 Å². The first-order valence-corrected chi connectivity index (χ1v) is 9.38. The van der Waals surface area contributed by atoms with Crippen LogP contribution in [0.5, 0.6) is 5.75 Å². The first kappa shape index (κ1) is 19.8. The largest absolute Gasteiger partial charge is 0.496 e. The van der Waals surface area contributed by atoms with Crippen LogP contribution < -0.4 is 4.74 Å². The Bertz CT molecular complexity index is 1010. The van der Waals surface area contributed by atoms with Gasteiger partial charge in [0.1, 0.15) is 11.9 Å². The van der Waals surface area contributed by atoms with Gasteiger partial charge in [0.05, 0.1) is 7.11 Å². The molecule has 3 rings (SSSR count). The predicted octanol–water partition coefficient (Wildman–Crippen LogP) is 5.24. The molecule has 0 saturated heterocycles. The molecule has 0 fully saturated rings. The van der Waals surface area contributed by atoms with Crippen molar-refractivity contribution in [1.82, 2.24) is 0 Å². The maximum Gasteiger partial charge on any atom is 0.193 e. The fourth-order valence-electron chi connectivity index (χ4n) is 3.69. The number of rotatable bonds is 5. The minimum Gasteiger partial charge on any atom is -0.496 e. The molecule has 28 heavy (non-hydrogen) atoms. The standard InChI is InChI=1S/C25H26O3/c1-15-14-16(2)18(4)23(17(15)3)25(27)20-11-7-6-10-19(20)24(26)21-12-8-9-13-22(21)28-5/h6-14,24,26H,1-5H3. The molecule has 1 atom stereocenters. The summed E-state index contributed by atoms with van der Waals surface area (Å²) in [6, 6.07) is 16.7. The zero-order valence-electron chi connectivity index (χ0n) is 17.0. The van der Waals surface area contributed by atoms with Gasteiger partial charge in [0.25, 0.3) is 0 Å². The van der Waals surface area contributed by atoms with Crippen molar-refractivity contribution in [3.8, 4) is 5.75 Å². The number of aliphatic hydroxyl groups excluding tert-OH is 1. The van der Waals surface area contributed by atoms with E-state index in [9.17, 15) is 9.90 Å². The molecule has 0 heterocycles. The minimum absolute atomic E-state index is 0.0636. The summed E-state index contributed by atoms with van der Waals surface area (Å²) in [5.74, 6) is 0.530. The summed E-state index contributed by atoms with van der Waals surface area (Å²) in [5.41, 5.74) is 6.59. The predicted molar refractivity (Wildman–Crippen MR) is 112 cm³/mol. The van der Waals surface area contributed by atoms with Crippen LogP contribution in [0.25, 0.3) is 0 Å². The van der Waals surface area contributed by atoms with Gasteiger partial charge in [-0.05, 0) is 61.6 Å². The second-order valence-corrected chi connectivity index (χ2v) is 7.20. The van der Waals surface area contributed by atoms with Crippen LogP contribution in [-0.4, -0.2) is 18.0 Å². The average Bonchev–Trinajstić information content (AvgIpc) is 2.71. The van der Waals surface area contributed by atoms with E-state index in [1.165, 1.54) is 0 Å². The zero-order valence-corrected chi connectivity index (χ0v) is 17.0. The Hall–Kier alpha value is -2.91. The molecule has 3 heteroatoms.